The summed E-state index contributed by atoms with van der Waals surface area (Å²) in [5, 5.41) is 6.06. The van der Waals surface area contributed by atoms with Crippen LogP contribution in [0.1, 0.15) is 43.7 Å². The third-order valence-corrected chi connectivity index (χ3v) is 8.66. The number of ether oxygens (including phenoxy) is 1. The first-order valence-electron chi connectivity index (χ1n) is 13.5. The molecule has 5 rings (SSSR count). The number of hydrogen-bond acceptors (Lipinski definition) is 5. The molecule has 0 spiro atoms. The van der Waals surface area contributed by atoms with E-state index in [2.05, 4.69) is 6.92 Å². The molecule has 1 amide bonds. The molecule has 1 aromatic heterocycles. The van der Waals surface area contributed by atoms with Gasteiger partial charge in [0.15, 0.2) is 0 Å². The van der Waals surface area contributed by atoms with Crippen LogP contribution < -0.4 is 4.74 Å². The predicted octanol–water partition coefficient (Wildman–Crippen LogP) is 9.21. The molecule has 0 aliphatic carbocycles. The van der Waals surface area contributed by atoms with E-state index in [0.29, 0.717) is 38.2 Å². The van der Waals surface area contributed by atoms with Gasteiger partial charge >= 0.3 is 0 Å². The van der Waals surface area contributed by atoms with Crippen LogP contribution in [0, 0.1) is 0 Å². The van der Waals surface area contributed by atoms with Gasteiger partial charge in [-0.15, -0.1) is 0 Å². The number of carbonyl (C=O) groups is 1. The van der Waals surface area contributed by atoms with Crippen LogP contribution in [0.25, 0.3) is 23.0 Å². The summed E-state index contributed by atoms with van der Waals surface area (Å²) < 4.78 is 8.41. The molecule has 1 fully saturated rings. The van der Waals surface area contributed by atoms with E-state index >= 15 is 0 Å². The fourth-order valence-electron chi connectivity index (χ4n) is 4.47. The first-order chi connectivity index (χ1) is 19.9. The van der Waals surface area contributed by atoms with E-state index in [1.165, 1.54) is 11.8 Å². The maximum Gasteiger partial charge on any atom is 0.266 e. The van der Waals surface area contributed by atoms with Crippen LogP contribution in [0.15, 0.2) is 83.9 Å². The van der Waals surface area contributed by atoms with Crippen molar-refractivity contribution < 1.29 is 9.53 Å². The SMILES string of the molecule is CCCCCCN1C(=O)C(=Cc2cn(-c3ccccc3)nc2-c2ccc(OCc3ccc(Cl)cc3Cl)cc2)SC1=S. The lowest BCUT2D eigenvalue weighted by molar-refractivity contribution is -0.122. The lowest BCUT2D eigenvalue weighted by atomic mass is 10.1. The number of carbonyl (C=O) groups excluding carboxylic acids is 1. The largest absolute Gasteiger partial charge is 0.489 e. The van der Waals surface area contributed by atoms with Gasteiger partial charge in [-0.1, -0.05) is 97.6 Å². The summed E-state index contributed by atoms with van der Waals surface area (Å²) in [5.74, 6) is 0.660. The average molecular weight is 623 g/mol. The molecular weight excluding hydrogens is 593 g/mol. The summed E-state index contributed by atoms with van der Waals surface area (Å²) >= 11 is 19.2. The maximum absolute atomic E-state index is 13.3. The lowest BCUT2D eigenvalue weighted by Crippen LogP contribution is -2.29. The first-order valence-corrected chi connectivity index (χ1v) is 15.5. The van der Waals surface area contributed by atoms with Crippen molar-refractivity contribution in [1.82, 2.24) is 14.7 Å². The second-order valence-corrected chi connectivity index (χ2v) is 12.2. The minimum Gasteiger partial charge on any atom is -0.489 e. The van der Waals surface area contributed by atoms with Crippen molar-refractivity contribution >= 4 is 63.5 Å². The van der Waals surface area contributed by atoms with Gasteiger partial charge in [-0.2, -0.15) is 5.10 Å². The normalized spacial score (nSPS) is 14.3. The summed E-state index contributed by atoms with van der Waals surface area (Å²) in [6.45, 7) is 3.15. The highest BCUT2D eigenvalue weighted by molar-refractivity contribution is 8.26. The second-order valence-electron chi connectivity index (χ2n) is 9.66. The lowest BCUT2D eigenvalue weighted by Gasteiger charge is -2.13. The summed E-state index contributed by atoms with van der Waals surface area (Å²) in [5.41, 5.74) is 4.28. The Morgan fingerprint density at radius 3 is 2.51 bits per heavy atom. The molecule has 210 valence electrons. The smallest absolute Gasteiger partial charge is 0.266 e. The van der Waals surface area contributed by atoms with Crippen molar-refractivity contribution in [2.24, 2.45) is 0 Å². The molecule has 9 heteroatoms. The Labute approximate surface area is 260 Å². The van der Waals surface area contributed by atoms with Crippen LogP contribution in [0.4, 0.5) is 0 Å². The maximum atomic E-state index is 13.3. The molecule has 3 aromatic carbocycles. The van der Waals surface area contributed by atoms with E-state index in [9.17, 15) is 4.79 Å². The van der Waals surface area contributed by atoms with Crippen molar-refractivity contribution in [2.75, 3.05) is 6.54 Å². The third kappa shape index (κ3) is 7.22. The Morgan fingerprint density at radius 1 is 1.00 bits per heavy atom. The van der Waals surface area contributed by atoms with Crippen molar-refractivity contribution in [3.63, 3.8) is 0 Å². The van der Waals surface area contributed by atoms with Gasteiger partial charge in [-0.25, -0.2) is 4.68 Å². The highest BCUT2D eigenvalue weighted by atomic mass is 35.5. The standard InChI is InChI=1S/C32H29Cl2N3O2S2/c1-2-3-4-8-17-36-31(38)29(41-32(36)40)18-24-20-37(26-9-6-5-7-10-26)35-30(24)22-12-15-27(16-13-22)39-21-23-11-14-25(33)19-28(23)34/h5-7,9-16,18-20H,2-4,8,17,21H2,1H3. The molecule has 1 saturated heterocycles. The molecule has 0 unspecified atom stereocenters. The first kappa shape index (κ1) is 29.4. The van der Waals surface area contributed by atoms with Gasteiger partial charge in [0.1, 0.15) is 16.7 Å². The van der Waals surface area contributed by atoms with Crippen molar-refractivity contribution in [1.29, 1.82) is 0 Å². The predicted molar refractivity (Wildman–Crippen MR) is 174 cm³/mol. The summed E-state index contributed by atoms with van der Waals surface area (Å²) in [6.07, 6.45) is 8.20. The minimum atomic E-state index is -0.0421. The monoisotopic (exact) mass is 621 g/mol. The molecule has 0 saturated carbocycles. The Kier molecular flexibility index (Phi) is 9.83. The molecule has 2 heterocycles. The van der Waals surface area contributed by atoms with E-state index in [1.54, 1.807) is 17.0 Å². The highest BCUT2D eigenvalue weighted by Crippen LogP contribution is 2.35. The van der Waals surface area contributed by atoms with Gasteiger partial charge in [0.25, 0.3) is 5.91 Å². The zero-order valence-electron chi connectivity index (χ0n) is 22.6. The Balaban J connectivity index is 1.40. The molecule has 0 bridgehead atoms. The van der Waals surface area contributed by atoms with E-state index in [0.717, 1.165) is 53.8 Å². The van der Waals surface area contributed by atoms with Gasteiger partial charge < -0.3 is 4.74 Å². The Hall–Kier alpha value is -3.10. The van der Waals surface area contributed by atoms with Crippen LogP contribution in [-0.2, 0) is 11.4 Å². The number of para-hydroxylation sites is 1. The van der Waals surface area contributed by atoms with Gasteiger partial charge in [0.05, 0.1) is 16.3 Å². The van der Waals surface area contributed by atoms with Crippen LogP contribution in [0.2, 0.25) is 10.0 Å². The fourth-order valence-corrected chi connectivity index (χ4v) is 6.23. The Morgan fingerprint density at radius 2 is 1.78 bits per heavy atom. The number of thiocarbonyl (C=S) groups is 1. The molecule has 1 aliphatic heterocycles. The number of hydrogen-bond donors (Lipinski definition) is 0. The summed E-state index contributed by atoms with van der Waals surface area (Å²) in [6, 6.07) is 23.0. The molecule has 1 aliphatic rings. The van der Waals surface area contributed by atoms with Crippen molar-refractivity contribution in [3.8, 4) is 22.7 Å². The molecule has 5 nitrogen and oxygen atoms in total. The minimum absolute atomic E-state index is 0.0421. The Bertz CT molecular complexity index is 1570. The van der Waals surface area contributed by atoms with E-state index < -0.39 is 0 Å². The van der Waals surface area contributed by atoms with Gasteiger partial charge in [0.2, 0.25) is 0 Å². The number of halogens is 2. The number of thioether (sulfide) groups is 1. The summed E-state index contributed by atoms with van der Waals surface area (Å²) in [4.78, 5) is 15.6. The van der Waals surface area contributed by atoms with Crippen LogP contribution in [-0.4, -0.2) is 31.5 Å². The van der Waals surface area contributed by atoms with Gasteiger partial charge in [-0.05, 0) is 61.0 Å². The highest BCUT2D eigenvalue weighted by Gasteiger charge is 2.32. The van der Waals surface area contributed by atoms with Gasteiger partial charge in [0, 0.05) is 39.5 Å². The molecular formula is C32H29Cl2N3O2S2. The van der Waals surface area contributed by atoms with Crippen LogP contribution in [0.5, 0.6) is 5.75 Å². The van der Waals surface area contributed by atoms with Gasteiger partial charge in [-0.3, -0.25) is 9.69 Å². The molecule has 41 heavy (non-hydrogen) atoms. The molecule has 4 aromatic rings. The van der Waals surface area contributed by atoms with E-state index in [-0.39, 0.29) is 5.91 Å². The zero-order chi connectivity index (χ0) is 28.8. The fraction of sp³-hybridized carbons (Fsp3) is 0.219. The number of unbranched alkanes of at least 4 members (excludes halogenated alkanes) is 3. The van der Waals surface area contributed by atoms with E-state index in [4.69, 9.17) is 45.3 Å². The van der Waals surface area contributed by atoms with Crippen molar-refractivity contribution in [2.45, 2.75) is 39.2 Å². The molecule has 0 N–H and O–H groups in total. The zero-order valence-corrected chi connectivity index (χ0v) is 25.7. The average Bonchev–Trinajstić information content (AvgIpc) is 3.51. The summed E-state index contributed by atoms with van der Waals surface area (Å²) in [7, 11) is 0. The second kappa shape index (κ2) is 13.7. The van der Waals surface area contributed by atoms with E-state index in [1.807, 2.05) is 77.6 Å². The van der Waals surface area contributed by atoms with Crippen LogP contribution >= 0.6 is 47.2 Å². The van der Waals surface area contributed by atoms with Crippen molar-refractivity contribution in [3.05, 3.63) is 105 Å². The number of rotatable bonds is 11. The molecule has 0 radical (unpaired) electrons. The number of benzene rings is 3. The molecule has 0 atom stereocenters. The number of nitrogens with zero attached hydrogens (tertiary/aromatic N) is 3. The third-order valence-electron chi connectivity index (χ3n) is 6.70. The van der Waals surface area contributed by atoms with Crippen LogP contribution in [0.3, 0.4) is 0 Å². The quantitative estimate of drug-likeness (QED) is 0.0948. The number of amides is 1. The number of aromatic nitrogens is 2. The topological polar surface area (TPSA) is 47.4 Å².